The van der Waals surface area contributed by atoms with Crippen LogP contribution in [0.3, 0.4) is 0 Å². The minimum absolute atomic E-state index is 0.308. The maximum Gasteiger partial charge on any atom is 0.271 e. The summed E-state index contributed by atoms with van der Waals surface area (Å²) in [5.41, 5.74) is 3.49. The third-order valence-corrected chi connectivity index (χ3v) is 3.65. The number of rotatable bonds is 3. The van der Waals surface area contributed by atoms with Crippen LogP contribution in [0.1, 0.15) is 15.9 Å². The minimum atomic E-state index is -0.308. The van der Waals surface area contributed by atoms with Crippen molar-refractivity contribution >= 4 is 51.3 Å². The Balaban J connectivity index is 2.06. The van der Waals surface area contributed by atoms with E-state index in [-0.39, 0.29) is 5.91 Å². The number of carbonyl (C=O) groups is 1. The summed E-state index contributed by atoms with van der Waals surface area (Å²) < 4.78 is 0.903. The highest BCUT2D eigenvalue weighted by Crippen LogP contribution is 2.22. The van der Waals surface area contributed by atoms with E-state index in [4.69, 9.17) is 23.2 Å². The number of halogens is 3. The van der Waals surface area contributed by atoms with Gasteiger partial charge in [0.25, 0.3) is 5.91 Å². The zero-order valence-corrected chi connectivity index (χ0v) is 13.2. The highest BCUT2D eigenvalue weighted by molar-refractivity contribution is 9.10. The molecule has 2 aromatic rings. The van der Waals surface area contributed by atoms with E-state index in [1.165, 1.54) is 6.21 Å². The van der Waals surface area contributed by atoms with Gasteiger partial charge in [0.2, 0.25) is 0 Å². The fourth-order valence-electron chi connectivity index (χ4n) is 1.46. The van der Waals surface area contributed by atoms with Crippen molar-refractivity contribution in [3.63, 3.8) is 0 Å². The van der Waals surface area contributed by atoms with Gasteiger partial charge in [-0.3, -0.25) is 4.79 Å². The molecule has 1 amide bonds. The molecular weight excluding hydrogens is 363 g/mol. The van der Waals surface area contributed by atoms with Crippen molar-refractivity contribution in [1.29, 1.82) is 0 Å². The van der Waals surface area contributed by atoms with E-state index in [1.807, 2.05) is 0 Å². The molecule has 0 atom stereocenters. The summed E-state index contributed by atoms with van der Waals surface area (Å²) in [5, 5.41) is 4.80. The van der Waals surface area contributed by atoms with Gasteiger partial charge in [0.05, 0.1) is 16.3 Å². The number of nitrogens with one attached hydrogen (secondary N) is 1. The van der Waals surface area contributed by atoms with Crippen LogP contribution in [0, 0.1) is 0 Å². The summed E-state index contributed by atoms with van der Waals surface area (Å²) in [6, 6.07) is 12.1. The van der Waals surface area contributed by atoms with E-state index in [0.29, 0.717) is 21.2 Å². The number of carbonyl (C=O) groups excluding carboxylic acids is 1. The van der Waals surface area contributed by atoms with Crippen LogP contribution < -0.4 is 5.43 Å². The number of hydrogen-bond acceptors (Lipinski definition) is 2. The first kappa shape index (κ1) is 15.0. The van der Waals surface area contributed by atoms with E-state index >= 15 is 0 Å². The average Bonchev–Trinajstić information content (AvgIpc) is 2.42. The molecule has 0 aliphatic heterocycles. The molecule has 0 heterocycles. The fourth-order valence-corrected chi connectivity index (χ4v) is 2.21. The summed E-state index contributed by atoms with van der Waals surface area (Å²) in [7, 11) is 0. The first-order valence-electron chi connectivity index (χ1n) is 5.61. The molecule has 0 aromatic heterocycles. The smallest absolute Gasteiger partial charge is 0.267 e. The summed E-state index contributed by atoms with van der Waals surface area (Å²) in [6.45, 7) is 0. The third kappa shape index (κ3) is 3.82. The van der Waals surface area contributed by atoms with Gasteiger partial charge in [-0.05, 0) is 36.4 Å². The highest BCUT2D eigenvalue weighted by Gasteiger charge is 2.04. The number of amides is 1. The van der Waals surface area contributed by atoms with Gasteiger partial charge in [0, 0.05) is 15.6 Å². The van der Waals surface area contributed by atoms with Gasteiger partial charge in [0.1, 0.15) is 0 Å². The Kier molecular flexibility index (Phi) is 5.17. The lowest BCUT2D eigenvalue weighted by molar-refractivity contribution is 0.0955. The Morgan fingerprint density at radius 2 is 1.70 bits per heavy atom. The summed E-state index contributed by atoms with van der Waals surface area (Å²) >= 11 is 15.3. The predicted octanol–water partition coefficient (Wildman–Crippen LogP) is 4.52. The lowest BCUT2D eigenvalue weighted by Gasteiger charge is -2.02. The van der Waals surface area contributed by atoms with E-state index in [1.54, 1.807) is 42.5 Å². The van der Waals surface area contributed by atoms with Crippen molar-refractivity contribution in [1.82, 2.24) is 5.43 Å². The topological polar surface area (TPSA) is 41.5 Å². The van der Waals surface area contributed by atoms with Gasteiger partial charge in [0.15, 0.2) is 0 Å². The molecule has 0 bridgehead atoms. The van der Waals surface area contributed by atoms with Gasteiger partial charge in [-0.15, -0.1) is 0 Å². The third-order valence-electron chi connectivity index (χ3n) is 2.47. The molecule has 2 rings (SSSR count). The molecule has 0 spiro atoms. The molecule has 0 unspecified atom stereocenters. The van der Waals surface area contributed by atoms with Gasteiger partial charge >= 0.3 is 0 Å². The molecule has 102 valence electrons. The van der Waals surface area contributed by atoms with Crippen LogP contribution in [0.25, 0.3) is 0 Å². The second kappa shape index (κ2) is 6.88. The Hall–Kier alpha value is -1.36. The molecule has 0 saturated heterocycles. The predicted molar refractivity (Wildman–Crippen MR) is 85.7 cm³/mol. The first-order chi connectivity index (χ1) is 9.58. The zero-order valence-electron chi connectivity index (χ0n) is 10.1. The van der Waals surface area contributed by atoms with E-state index < -0.39 is 0 Å². The van der Waals surface area contributed by atoms with Crippen LogP contribution in [-0.4, -0.2) is 12.1 Å². The highest BCUT2D eigenvalue weighted by atomic mass is 79.9. The minimum Gasteiger partial charge on any atom is -0.267 e. The van der Waals surface area contributed by atoms with Crippen LogP contribution in [0.2, 0.25) is 10.0 Å². The summed E-state index contributed by atoms with van der Waals surface area (Å²) in [4.78, 5) is 11.8. The fraction of sp³-hybridized carbons (Fsp3) is 0. The van der Waals surface area contributed by atoms with Gasteiger partial charge in [-0.2, -0.15) is 5.10 Å². The number of hydrazone groups is 1. The lowest BCUT2D eigenvalue weighted by Crippen LogP contribution is -2.17. The molecule has 0 aliphatic carbocycles. The number of nitrogens with zero attached hydrogens (tertiary/aromatic N) is 1. The zero-order chi connectivity index (χ0) is 14.5. The normalized spacial score (nSPS) is 10.8. The van der Waals surface area contributed by atoms with Gasteiger partial charge < -0.3 is 0 Å². The van der Waals surface area contributed by atoms with Crippen LogP contribution in [0.4, 0.5) is 0 Å². The van der Waals surface area contributed by atoms with Crippen LogP contribution in [-0.2, 0) is 0 Å². The van der Waals surface area contributed by atoms with Crippen molar-refractivity contribution in [3.05, 3.63) is 68.1 Å². The second-order valence-electron chi connectivity index (χ2n) is 3.84. The van der Waals surface area contributed by atoms with E-state index in [0.717, 1.165) is 4.47 Å². The standard InChI is InChI=1S/C14H9BrCl2N2O/c15-10-6-4-9(5-7-10)14(20)19-18-8-11-12(16)2-1-3-13(11)17/h1-8H,(H,19,20)/b18-8+. The lowest BCUT2D eigenvalue weighted by atomic mass is 10.2. The quantitative estimate of drug-likeness (QED) is 0.625. The van der Waals surface area contributed by atoms with Crippen molar-refractivity contribution < 1.29 is 4.79 Å². The maximum atomic E-state index is 11.8. The Morgan fingerprint density at radius 3 is 2.30 bits per heavy atom. The Morgan fingerprint density at radius 1 is 1.10 bits per heavy atom. The molecule has 20 heavy (non-hydrogen) atoms. The van der Waals surface area contributed by atoms with E-state index in [9.17, 15) is 4.79 Å². The molecular formula is C14H9BrCl2N2O. The van der Waals surface area contributed by atoms with Crippen molar-refractivity contribution in [2.75, 3.05) is 0 Å². The molecule has 0 saturated carbocycles. The Labute approximate surface area is 134 Å². The number of benzene rings is 2. The van der Waals surface area contributed by atoms with Crippen LogP contribution in [0.5, 0.6) is 0 Å². The molecule has 1 N–H and O–H groups in total. The molecule has 0 radical (unpaired) electrons. The molecule has 6 heteroatoms. The second-order valence-corrected chi connectivity index (χ2v) is 5.57. The van der Waals surface area contributed by atoms with Crippen molar-refractivity contribution in [2.24, 2.45) is 5.10 Å². The largest absolute Gasteiger partial charge is 0.271 e. The van der Waals surface area contributed by atoms with E-state index in [2.05, 4.69) is 26.5 Å². The summed E-state index contributed by atoms with van der Waals surface area (Å²) in [6.07, 6.45) is 1.42. The molecule has 0 fully saturated rings. The first-order valence-corrected chi connectivity index (χ1v) is 7.16. The summed E-state index contributed by atoms with van der Waals surface area (Å²) in [5.74, 6) is -0.308. The molecule has 3 nitrogen and oxygen atoms in total. The monoisotopic (exact) mass is 370 g/mol. The van der Waals surface area contributed by atoms with Crippen molar-refractivity contribution in [3.8, 4) is 0 Å². The van der Waals surface area contributed by atoms with Gasteiger partial charge in [-0.1, -0.05) is 45.2 Å². The number of hydrogen-bond donors (Lipinski definition) is 1. The SMILES string of the molecule is O=C(N/N=C/c1c(Cl)cccc1Cl)c1ccc(Br)cc1. The van der Waals surface area contributed by atoms with Crippen molar-refractivity contribution in [2.45, 2.75) is 0 Å². The van der Waals surface area contributed by atoms with Crippen LogP contribution in [0.15, 0.2) is 52.0 Å². The van der Waals surface area contributed by atoms with Crippen LogP contribution >= 0.6 is 39.1 Å². The Bertz CT molecular complexity index is 636. The van der Waals surface area contributed by atoms with Gasteiger partial charge in [-0.25, -0.2) is 5.43 Å². The maximum absolute atomic E-state index is 11.8. The average molecular weight is 372 g/mol. The molecule has 2 aromatic carbocycles. The molecule has 0 aliphatic rings.